The van der Waals surface area contributed by atoms with E-state index < -0.39 is 12.1 Å². The highest BCUT2D eigenvalue weighted by molar-refractivity contribution is 5.97. The quantitative estimate of drug-likeness (QED) is 0.709. The predicted molar refractivity (Wildman–Crippen MR) is 96.4 cm³/mol. The first-order valence-electron chi connectivity index (χ1n) is 8.40. The Morgan fingerprint density at radius 2 is 2.23 bits per heavy atom. The molecule has 0 amide bonds. The average molecular weight is 361 g/mol. The van der Waals surface area contributed by atoms with E-state index in [1.807, 2.05) is 6.07 Å². The van der Waals surface area contributed by atoms with E-state index in [0.717, 1.165) is 31.3 Å². The molecular formula is C17H21F2N7. The Balaban J connectivity index is 1.79. The SMILES string of the molecule is CC1C(N)CCCN1c1cc(-c2cnc(/C=C\C(=N)C(F)F)[nH]2)ncn1. The Kier molecular flexibility index (Phi) is 5.36. The molecule has 1 aliphatic heterocycles. The van der Waals surface area contributed by atoms with Crippen LogP contribution < -0.4 is 10.6 Å². The van der Waals surface area contributed by atoms with Gasteiger partial charge in [0.05, 0.1) is 23.3 Å². The summed E-state index contributed by atoms with van der Waals surface area (Å²) < 4.78 is 24.7. The Labute approximate surface area is 149 Å². The van der Waals surface area contributed by atoms with Gasteiger partial charge in [0.15, 0.2) is 0 Å². The Hall–Kier alpha value is -2.68. The van der Waals surface area contributed by atoms with Crippen LogP contribution in [0.5, 0.6) is 0 Å². The molecule has 1 saturated heterocycles. The minimum Gasteiger partial charge on any atom is -0.352 e. The van der Waals surface area contributed by atoms with E-state index in [-0.39, 0.29) is 12.1 Å². The highest BCUT2D eigenvalue weighted by Crippen LogP contribution is 2.25. The smallest absolute Gasteiger partial charge is 0.279 e. The van der Waals surface area contributed by atoms with Gasteiger partial charge < -0.3 is 15.6 Å². The second kappa shape index (κ2) is 7.69. The van der Waals surface area contributed by atoms with Crippen molar-refractivity contribution in [2.24, 2.45) is 5.73 Å². The van der Waals surface area contributed by atoms with Crippen LogP contribution in [-0.2, 0) is 0 Å². The van der Waals surface area contributed by atoms with Crippen molar-refractivity contribution in [1.29, 1.82) is 5.41 Å². The first-order chi connectivity index (χ1) is 12.5. The molecule has 0 saturated carbocycles. The largest absolute Gasteiger partial charge is 0.352 e. The molecule has 0 aromatic carbocycles. The van der Waals surface area contributed by atoms with Crippen LogP contribution in [0, 0.1) is 5.41 Å². The molecule has 2 atom stereocenters. The molecule has 9 heteroatoms. The van der Waals surface area contributed by atoms with Gasteiger partial charge in [0.2, 0.25) is 0 Å². The van der Waals surface area contributed by atoms with Gasteiger partial charge in [0.25, 0.3) is 6.43 Å². The number of nitrogens with one attached hydrogen (secondary N) is 2. The Morgan fingerprint density at radius 1 is 1.42 bits per heavy atom. The number of rotatable bonds is 5. The van der Waals surface area contributed by atoms with Crippen LogP contribution in [0.2, 0.25) is 0 Å². The number of nitrogens with two attached hydrogens (primary N) is 1. The minimum absolute atomic E-state index is 0.108. The third kappa shape index (κ3) is 3.93. The number of H-pyrrole nitrogens is 1. The minimum atomic E-state index is -2.80. The number of hydrogen-bond acceptors (Lipinski definition) is 6. The van der Waals surface area contributed by atoms with Crippen LogP contribution >= 0.6 is 0 Å². The van der Waals surface area contributed by atoms with Crippen molar-refractivity contribution >= 4 is 17.6 Å². The molecule has 2 unspecified atom stereocenters. The first kappa shape index (κ1) is 18.1. The van der Waals surface area contributed by atoms with Crippen LogP contribution in [0.15, 0.2) is 24.7 Å². The number of anilines is 1. The third-order valence-electron chi connectivity index (χ3n) is 4.52. The number of alkyl halides is 2. The summed E-state index contributed by atoms with van der Waals surface area (Å²) in [4.78, 5) is 17.9. The lowest BCUT2D eigenvalue weighted by atomic mass is 9.98. The number of imidazole rings is 1. The van der Waals surface area contributed by atoms with Gasteiger partial charge in [-0.15, -0.1) is 0 Å². The van der Waals surface area contributed by atoms with Crippen molar-refractivity contribution in [3.05, 3.63) is 30.5 Å². The van der Waals surface area contributed by atoms with Gasteiger partial charge in [0, 0.05) is 24.7 Å². The lowest BCUT2D eigenvalue weighted by Crippen LogP contribution is -2.50. The van der Waals surface area contributed by atoms with Crippen molar-refractivity contribution in [2.45, 2.75) is 38.3 Å². The summed E-state index contributed by atoms with van der Waals surface area (Å²) in [5, 5.41) is 7.13. The molecule has 26 heavy (non-hydrogen) atoms. The van der Waals surface area contributed by atoms with Gasteiger partial charge in [-0.3, -0.25) is 5.41 Å². The number of aromatic amines is 1. The number of nitrogens with zero attached hydrogens (tertiary/aromatic N) is 4. The summed E-state index contributed by atoms with van der Waals surface area (Å²) in [5.74, 6) is 1.17. The summed E-state index contributed by atoms with van der Waals surface area (Å²) in [6.45, 7) is 2.97. The molecule has 0 aliphatic carbocycles. The van der Waals surface area contributed by atoms with E-state index in [4.69, 9.17) is 11.1 Å². The number of hydrogen-bond donors (Lipinski definition) is 3. The highest BCUT2D eigenvalue weighted by atomic mass is 19.3. The average Bonchev–Trinajstić information content (AvgIpc) is 3.11. The molecule has 7 nitrogen and oxygen atoms in total. The summed E-state index contributed by atoms with van der Waals surface area (Å²) >= 11 is 0. The summed E-state index contributed by atoms with van der Waals surface area (Å²) in [6, 6.07) is 2.15. The molecule has 0 spiro atoms. The van der Waals surface area contributed by atoms with Crippen molar-refractivity contribution in [1.82, 2.24) is 19.9 Å². The molecular weight excluding hydrogens is 340 g/mol. The summed E-state index contributed by atoms with van der Waals surface area (Å²) in [6.07, 6.45) is 4.63. The second-order valence-electron chi connectivity index (χ2n) is 6.27. The number of aromatic nitrogens is 4. The molecule has 2 aromatic rings. The number of piperidine rings is 1. The van der Waals surface area contributed by atoms with Crippen LogP contribution in [0.4, 0.5) is 14.6 Å². The van der Waals surface area contributed by atoms with E-state index in [1.165, 1.54) is 12.4 Å². The third-order valence-corrected chi connectivity index (χ3v) is 4.52. The van der Waals surface area contributed by atoms with Crippen LogP contribution in [0.25, 0.3) is 17.5 Å². The van der Waals surface area contributed by atoms with E-state index in [2.05, 4.69) is 31.8 Å². The van der Waals surface area contributed by atoms with Crippen molar-refractivity contribution < 1.29 is 8.78 Å². The predicted octanol–water partition coefficient (Wildman–Crippen LogP) is 2.48. The number of halogens is 2. The maximum absolute atomic E-state index is 12.3. The zero-order chi connectivity index (χ0) is 18.7. The maximum atomic E-state index is 12.3. The van der Waals surface area contributed by atoms with Crippen LogP contribution in [0.1, 0.15) is 25.6 Å². The van der Waals surface area contributed by atoms with E-state index in [1.54, 1.807) is 6.20 Å². The fourth-order valence-electron chi connectivity index (χ4n) is 2.94. The zero-order valence-corrected chi connectivity index (χ0v) is 14.4. The Morgan fingerprint density at radius 3 is 3.00 bits per heavy atom. The van der Waals surface area contributed by atoms with Gasteiger partial charge >= 0.3 is 0 Å². The van der Waals surface area contributed by atoms with Crippen molar-refractivity contribution in [2.75, 3.05) is 11.4 Å². The van der Waals surface area contributed by atoms with Crippen LogP contribution in [-0.4, -0.2) is 50.7 Å². The van der Waals surface area contributed by atoms with Crippen molar-refractivity contribution in [3.63, 3.8) is 0 Å². The monoisotopic (exact) mass is 361 g/mol. The molecule has 0 radical (unpaired) electrons. The fraction of sp³-hybridized carbons (Fsp3) is 0.412. The van der Waals surface area contributed by atoms with Gasteiger partial charge in [0.1, 0.15) is 18.0 Å². The number of allylic oxidation sites excluding steroid dienone is 1. The molecule has 1 fully saturated rings. The van der Waals surface area contributed by atoms with Gasteiger partial charge in [-0.25, -0.2) is 23.7 Å². The van der Waals surface area contributed by atoms with E-state index in [9.17, 15) is 8.78 Å². The summed E-state index contributed by atoms with van der Waals surface area (Å²) in [7, 11) is 0. The molecule has 3 rings (SSSR count). The molecule has 4 N–H and O–H groups in total. The zero-order valence-electron chi connectivity index (χ0n) is 14.4. The maximum Gasteiger partial charge on any atom is 0.279 e. The second-order valence-corrected chi connectivity index (χ2v) is 6.27. The van der Waals surface area contributed by atoms with E-state index in [0.29, 0.717) is 17.2 Å². The molecule has 2 aromatic heterocycles. The van der Waals surface area contributed by atoms with Gasteiger partial charge in [-0.2, -0.15) is 0 Å². The first-order valence-corrected chi connectivity index (χ1v) is 8.40. The van der Waals surface area contributed by atoms with Crippen LogP contribution in [0.3, 0.4) is 0 Å². The van der Waals surface area contributed by atoms with Gasteiger partial charge in [-0.1, -0.05) is 0 Å². The molecule has 3 heterocycles. The molecule has 1 aliphatic rings. The highest BCUT2D eigenvalue weighted by Gasteiger charge is 2.26. The fourth-order valence-corrected chi connectivity index (χ4v) is 2.94. The lowest BCUT2D eigenvalue weighted by molar-refractivity contribution is 0.226. The van der Waals surface area contributed by atoms with Gasteiger partial charge in [-0.05, 0) is 31.9 Å². The van der Waals surface area contributed by atoms with Crippen molar-refractivity contribution in [3.8, 4) is 11.4 Å². The Bertz CT molecular complexity index is 802. The molecule has 0 bridgehead atoms. The standard InChI is InChI=1S/C17H21F2N7/c1-10-11(20)3-2-6-26(10)16-7-13(23-9-24-16)14-8-22-15(25-14)5-4-12(21)17(18)19/h4-5,7-11,17,21H,2-3,6,20H2,1H3,(H,22,25)/b5-4-,21-12?. The summed E-state index contributed by atoms with van der Waals surface area (Å²) in [5.41, 5.74) is 6.69. The van der Waals surface area contributed by atoms with E-state index >= 15 is 0 Å². The molecule has 138 valence electrons. The topological polar surface area (TPSA) is 108 Å². The normalized spacial score (nSPS) is 20.9. The lowest BCUT2D eigenvalue weighted by Gasteiger charge is -2.38.